The number of rotatable bonds is 27. The highest BCUT2D eigenvalue weighted by Gasteiger charge is 2.34. The third-order valence-electron chi connectivity index (χ3n) is 9.47. The third kappa shape index (κ3) is 16.7. The summed E-state index contributed by atoms with van der Waals surface area (Å²) in [5, 5.41) is 18.3. The van der Waals surface area contributed by atoms with E-state index in [4.69, 9.17) is 29.1 Å². The van der Waals surface area contributed by atoms with Gasteiger partial charge < -0.3 is 18.9 Å². The largest absolute Gasteiger partial charge is 0.476 e. The van der Waals surface area contributed by atoms with Gasteiger partial charge in [0.1, 0.15) is 12.9 Å². The molecule has 2 fully saturated rings. The van der Waals surface area contributed by atoms with Gasteiger partial charge in [-0.3, -0.25) is 10.5 Å². The maximum absolute atomic E-state index is 9.59. The summed E-state index contributed by atoms with van der Waals surface area (Å²) in [5.41, 5.74) is 0. The molecule has 0 saturated heterocycles. The molecular weight excluding hydrogens is 536 g/mol. The summed E-state index contributed by atoms with van der Waals surface area (Å²) in [5.74, 6) is 2.11. The molecule has 2 saturated carbocycles. The van der Waals surface area contributed by atoms with E-state index in [1.807, 2.05) is 0 Å². The van der Waals surface area contributed by atoms with Crippen LogP contribution >= 0.6 is 0 Å². The molecule has 2 unspecified atom stereocenters. The Kier molecular flexibility index (Phi) is 22.4. The Labute approximate surface area is 256 Å². The first kappa shape index (κ1) is 37.2. The van der Waals surface area contributed by atoms with E-state index in [0.29, 0.717) is 25.6 Å². The van der Waals surface area contributed by atoms with Gasteiger partial charge in [-0.05, 0) is 94.8 Å². The molecule has 0 aromatic rings. The van der Waals surface area contributed by atoms with Crippen molar-refractivity contribution in [1.82, 2.24) is 0 Å². The van der Waals surface area contributed by atoms with E-state index in [1.165, 1.54) is 64.0 Å². The quantitative estimate of drug-likeness (QED) is 0.0241. The summed E-state index contributed by atoms with van der Waals surface area (Å²) in [6.45, 7) is 9.39. The molecule has 0 aromatic heterocycles. The molecule has 0 spiro atoms. The van der Waals surface area contributed by atoms with Crippen LogP contribution in [-0.2, 0) is 28.7 Å². The molecule has 0 aliphatic heterocycles. The van der Waals surface area contributed by atoms with Gasteiger partial charge in [-0.15, -0.1) is 6.58 Å². The average Bonchev–Trinajstić information content (AvgIpc) is 3.03. The van der Waals surface area contributed by atoms with Crippen LogP contribution in [0.2, 0.25) is 0 Å². The summed E-state index contributed by atoms with van der Waals surface area (Å²) in [6, 6.07) is 0. The fourth-order valence-electron chi connectivity index (χ4n) is 6.82. The van der Waals surface area contributed by atoms with Crippen molar-refractivity contribution in [3.05, 3.63) is 25.5 Å². The first-order valence-electron chi connectivity index (χ1n) is 16.9. The minimum atomic E-state index is -0.257. The Balaban J connectivity index is 1.43. The third-order valence-corrected chi connectivity index (χ3v) is 9.47. The predicted molar refractivity (Wildman–Crippen MR) is 166 cm³/mol. The highest BCUT2D eigenvalue weighted by molar-refractivity contribution is 4.84. The van der Waals surface area contributed by atoms with Crippen molar-refractivity contribution < 1.29 is 39.2 Å². The van der Waals surface area contributed by atoms with Crippen LogP contribution in [0.5, 0.6) is 0 Å². The molecule has 246 valence electrons. The van der Waals surface area contributed by atoms with Crippen LogP contribution in [0.4, 0.5) is 0 Å². The van der Waals surface area contributed by atoms with Gasteiger partial charge in [0.05, 0.1) is 25.1 Å². The number of hydrogen-bond donors (Lipinski definition) is 2. The zero-order valence-electron chi connectivity index (χ0n) is 26.3. The average molecular weight is 599 g/mol. The van der Waals surface area contributed by atoms with Crippen molar-refractivity contribution in [2.75, 3.05) is 26.8 Å². The van der Waals surface area contributed by atoms with E-state index >= 15 is 0 Å². The van der Waals surface area contributed by atoms with Gasteiger partial charge in [0.25, 0.3) is 0 Å². The van der Waals surface area contributed by atoms with Gasteiger partial charge in [-0.25, -0.2) is 9.78 Å². The number of hydrogen-bond acceptors (Lipinski definition) is 8. The second-order valence-electron chi connectivity index (χ2n) is 12.4. The van der Waals surface area contributed by atoms with Crippen molar-refractivity contribution in [3.8, 4) is 0 Å². The minimum Gasteiger partial charge on any atom is -0.476 e. The van der Waals surface area contributed by atoms with E-state index in [-0.39, 0.29) is 12.2 Å². The summed E-state index contributed by atoms with van der Waals surface area (Å²) in [4.78, 5) is 9.33. The Morgan fingerprint density at radius 2 is 1.17 bits per heavy atom. The lowest BCUT2D eigenvalue weighted by Gasteiger charge is -2.39. The highest BCUT2D eigenvalue weighted by Crippen LogP contribution is 2.42. The zero-order valence-corrected chi connectivity index (χ0v) is 26.3. The molecule has 0 bridgehead atoms. The lowest BCUT2D eigenvalue weighted by Crippen LogP contribution is -2.32. The SMILES string of the molecule is C=COCOCCCCCCCOCOC1CCC(C2CCC(C(CCCCCCCC(C=C)OO)OO)CC2)CC1. The van der Waals surface area contributed by atoms with Gasteiger partial charge in [0.15, 0.2) is 6.79 Å². The van der Waals surface area contributed by atoms with E-state index in [1.54, 1.807) is 6.08 Å². The van der Waals surface area contributed by atoms with Crippen LogP contribution in [0, 0.1) is 17.8 Å². The second kappa shape index (κ2) is 25.3. The van der Waals surface area contributed by atoms with Gasteiger partial charge in [0.2, 0.25) is 0 Å². The van der Waals surface area contributed by atoms with Crippen LogP contribution < -0.4 is 0 Å². The van der Waals surface area contributed by atoms with Crippen LogP contribution in [0.15, 0.2) is 25.5 Å². The molecular formula is C34H62O8. The molecule has 2 rings (SSSR count). The summed E-state index contributed by atoms with van der Waals surface area (Å²) >= 11 is 0. The Hall–Kier alpha value is -1.00. The lowest BCUT2D eigenvalue weighted by atomic mass is 9.69. The molecule has 8 nitrogen and oxygen atoms in total. The molecule has 2 atom stereocenters. The Morgan fingerprint density at radius 1 is 0.619 bits per heavy atom. The first-order chi connectivity index (χ1) is 20.7. The molecule has 0 amide bonds. The van der Waals surface area contributed by atoms with Crippen molar-refractivity contribution in [3.63, 3.8) is 0 Å². The monoisotopic (exact) mass is 598 g/mol. The maximum atomic E-state index is 9.59. The van der Waals surface area contributed by atoms with Crippen LogP contribution in [0.1, 0.15) is 128 Å². The maximum Gasteiger partial charge on any atom is 0.188 e. The van der Waals surface area contributed by atoms with Crippen LogP contribution in [0.25, 0.3) is 0 Å². The fourth-order valence-corrected chi connectivity index (χ4v) is 6.82. The highest BCUT2D eigenvalue weighted by atomic mass is 17.1. The summed E-state index contributed by atoms with van der Waals surface area (Å²) in [7, 11) is 0. The van der Waals surface area contributed by atoms with Gasteiger partial charge in [-0.1, -0.05) is 64.0 Å². The molecule has 2 aliphatic carbocycles. The Bertz CT molecular complexity index is 631. The second-order valence-corrected chi connectivity index (χ2v) is 12.4. The molecule has 2 aliphatic rings. The fraction of sp³-hybridized carbons (Fsp3) is 0.882. The first-order valence-corrected chi connectivity index (χ1v) is 16.9. The molecule has 8 heteroatoms. The van der Waals surface area contributed by atoms with Crippen molar-refractivity contribution >= 4 is 0 Å². The summed E-state index contributed by atoms with van der Waals surface area (Å²) < 4.78 is 22.0. The zero-order chi connectivity index (χ0) is 30.1. The predicted octanol–water partition coefficient (Wildman–Crippen LogP) is 9.06. The normalized spacial score (nSPS) is 24.2. The van der Waals surface area contributed by atoms with Crippen molar-refractivity contribution in [2.24, 2.45) is 17.8 Å². The molecule has 2 N–H and O–H groups in total. The van der Waals surface area contributed by atoms with Crippen LogP contribution in [-0.4, -0.2) is 55.6 Å². The molecule has 0 aromatic carbocycles. The van der Waals surface area contributed by atoms with Gasteiger partial charge >= 0.3 is 0 Å². The Morgan fingerprint density at radius 3 is 1.74 bits per heavy atom. The summed E-state index contributed by atoms with van der Waals surface area (Å²) in [6.07, 6.45) is 25.8. The van der Waals surface area contributed by atoms with Crippen molar-refractivity contribution in [2.45, 2.75) is 147 Å². The smallest absolute Gasteiger partial charge is 0.188 e. The molecule has 0 radical (unpaired) electrons. The molecule has 42 heavy (non-hydrogen) atoms. The standard InChI is InChI=1S/C34H62O8/c1-3-32(41-35)15-11-7-5-8-12-16-34(42-36)31-19-17-29(18-20-31)30-21-23-33(24-22-30)40-28-39-26-14-10-6-9-13-25-38-27-37-4-2/h3-4,29-36H,1-2,5-28H2. The number of ether oxygens (including phenoxy) is 4. The topological polar surface area (TPSA) is 95.8 Å². The van der Waals surface area contributed by atoms with Crippen molar-refractivity contribution in [1.29, 1.82) is 0 Å². The van der Waals surface area contributed by atoms with E-state index in [0.717, 1.165) is 95.7 Å². The van der Waals surface area contributed by atoms with Crippen LogP contribution in [0.3, 0.4) is 0 Å². The lowest BCUT2D eigenvalue weighted by molar-refractivity contribution is -0.294. The van der Waals surface area contributed by atoms with E-state index in [2.05, 4.69) is 18.0 Å². The van der Waals surface area contributed by atoms with Gasteiger partial charge in [0, 0.05) is 6.61 Å². The van der Waals surface area contributed by atoms with Gasteiger partial charge in [-0.2, -0.15) is 0 Å². The minimum absolute atomic E-state index is 0.0226. The molecule has 0 heterocycles. The van der Waals surface area contributed by atoms with E-state index in [9.17, 15) is 5.26 Å². The van der Waals surface area contributed by atoms with E-state index < -0.39 is 0 Å². The number of unbranched alkanes of at least 4 members (excludes halogenated alkanes) is 8.